The molecule has 0 aliphatic rings. The number of rotatable bonds is 2. The van der Waals surface area contributed by atoms with Gasteiger partial charge < -0.3 is 17.7 Å². The second-order valence-corrected chi connectivity index (χ2v) is 12.0. The molecule has 214 valence electrons. The fraction of sp³-hybridized carbons (Fsp3) is 0. The molecule has 46 heavy (non-hydrogen) atoms. The number of benzene rings is 7. The normalized spacial score (nSPS) is 12.3. The maximum absolute atomic E-state index is 6.38. The van der Waals surface area contributed by atoms with Gasteiger partial charge in [-0.3, -0.25) is 0 Å². The highest BCUT2D eigenvalue weighted by Crippen LogP contribution is 2.42. The molecule has 0 spiro atoms. The largest absolute Gasteiger partial charge is 0.452 e. The van der Waals surface area contributed by atoms with Crippen molar-refractivity contribution in [2.24, 2.45) is 0 Å². The van der Waals surface area contributed by atoms with Gasteiger partial charge in [-0.2, -0.15) is 0 Å². The van der Waals surface area contributed by atoms with E-state index >= 15 is 0 Å². The fourth-order valence-corrected chi connectivity index (χ4v) is 7.27. The molecule has 0 bridgehead atoms. The molecule has 0 saturated heterocycles. The Morgan fingerprint density at radius 1 is 0.239 bits per heavy atom. The first-order valence-corrected chi connectivity index (χ1v) is 15.4. The highest BCUT2D eigenvalue weighted by Gasteiger charge is 2.18. The lowest BCUT2D eigenvalue weighted by atomic mass is 9.97. The molecular formula is C42H22O4. The number of para-hydroxylation sites is 2. The first kappa shape index (κ1) is 24.1. The summed E-state index contributed by atoms with van der Waals surface area (Å²) >= 11 is 0. The van der Waals surface area contributed by atoms with Crippen LogP contribution in [0.2, 0.25) is 0 Å². The van der Waals surface area contributed by atoms with E-state index in [-0.39, 0.29) is 0 Å². The van der Waals surface area contributed by atoms with Gasteiger partial charge in [0.05, 0.1) is 0 Å². The summed E-state index contributed by atoms with van der Waals surface area (Å²) in [4.78, 5) is 0. The lowest BCUT2D eigenvalue weighted by Crippen LogP contribution is -1.82. The van der Waals surface area contributed by atoms with Crippen LogP contribution in [0.5, 0.6) is 0 Å². The van der Waals surface area contributed by atoms with E-state index in [4.69, 9.17) is 17.7 Å². The third-order valence-corrected chi connectivity index (χ3v) is 9.50. The highest BCUT2D eigenvalue weighted by molar-refractivity contribution is 6.20. The summed E-state index contributed by atoms with van der Waals surface area (Å²) in [6.45, 7) is 0. The molecule has 0 aliphatic carbocycles. The van der Waals surface area contributed by atoms with Gasteiger partial charge in [0, 0.05) is 43.1 Å². The molecule has 11 aromatic rings. The minimum Gasteiger partial charge on any atom is -0.452 e. The average Bonchev–Trinajstić information content (AvgIpc) is 3.87. The van der Waals surface area contributed by atoms with E-state index in [0.29, 0.717) is 0 Å². The molecule has 0 N–H and O–H groups in total. The number of fused-ring (bicyclic) bond motifs is 14. The summed E-state index contributed by atoms with van der Waals surface area (Å²) < 4.78 is 25.3. The van der Waals surface area contributed by atoms with E-state index in [1.807, 2.05) is 36.4 Å². The maximum Gasteiger partial charge on any atom is 0.178 e. The topological polar surface area (TPSA) is 52.6 Å². The molecule has 11 rings (SSSR count). The Kier molecular flexibility index (Phi) is 4.55. The van der Waals surface area contributed by atoms with E-state index in [2.05, 4.69) is 97.1 Å². The van der Waals surface area contributed by atoms with Gasteiger partial charge in [0.1, 0.15) is 22.3 Å². The Bertz CT molecular complexity index is 2830. The Balaban J connectivity index is 1.03. The van der Waals surface area contributed by atoms with Crippen LogP contribution in [-0.2, 0) is 0 Å². The third kappa shape index (κ3) is 3.22. The minimum atomic E-state index is 0.787. The predicted octanol–water partition coefficient (Wildman–Crippen LogP) is 12.6. The zero-order valence-corrected chi connectivity index (χ0v) is 24.3. The molecule has 0 fully saturated rings. The molecule has 0 atom stereocenters. The van der Waals surface area contributed by atoms with Crippen molar-refractivity contribution >= 4 is 87.8 Å². The average molecular weight is 591 g/mol. The van der Waals surface area contributed by atoms with Crippen LogP contribution in [0.25, 0.3) is 110 Å². The van der Waals surface area contributed by atoms with Crippen molar-refractivity contribution in [1.29, 1.82) is 0 Å². The van der Waals surface area contributed by atoms with Crippen LogP contribution in [0.3, 0.4) is 0 Å². The van der Waals surface area contributed by atoms with Gasteiger partial charge in [-0.25, -0.2) is 0 Å². The molecule has 7 aromatic carbocycles. The summed E-state index contributed by atoms with van der Waals surface area (Å²) in [5.74, 6) is 0. The van der Waals surface area contributed by atoms with E-state index in [0.717, 1.165) is 110 Å². The van der Waals surface area contributed by atoms with Crippen LogP contribution < -0.4 is 0 Å². The van der Waals surface area contributed by atoms with Crippen LogP contribution in [0, 0.1) is 0 Å². The lowest BCUT2D eigenvalue weighted by molar-refractivity contribution is 0.633. The van der Waals surface area contributed by atoms with Crippen molar-refractivity contribution in [2.75, 3.05) is 0 Å². The van der Waals surface area contributed by atoms with Gasteiger partial charge in [0.2, 0.25) is 0 Å². The standard InChI is InChI=1S/C42H22O4/c1-3-10-35-27(8-1)29-14-16-31-33-21-25(12-18-37(33)45-41(31)39(29)43-35)23-6-5-7-24(20-23)26-13-19-38-34(22-26)32-17-15-30-28-9-2-4-11-36(28)44-40(30)42(32)46-38/h1-22H. The second kappa shape index (κ2) is 8.68. The van der Waals surface area contributed by atoms with Crippen molar-refractivity contribution in [3.63, 3.8) is 0 Å². The monoisotopic (exact) mass is 590 g/mol. The van der Waals surface area contributed by atoms with Gasteiger partial charge in [-0.05, 0) is 89.0 Å². The van der Waals surface area contributed by atoms with Crippen molar-refractivity contribution in [3.8, 4) is 22.3 Å². The van der Waals surface area contributed by atoms with Crippen molar-refractivity contribution in [3.05, 3.63) is 133 Å². The molecule has 4 heterocycles. The van der Waals surface area contributed by atoms with E-state index < -0.39 is 0 Å². The molecule has 0 radical (unpaired) electrons. The summed E-state index contributed by atoms with van der Waals surface area (Å²) in [7, 11) is 0. The van der Waals surface area contributed by atoms with Crippen LogP contribution in [0.4, 0.5) is 0 Å². The SMILES string of the molecule is c1cc(-c2ccc3oc4c(ccc5c6ccccc6oc54)c3c2)cc(-c2ccc3oc4c(ccc5c6ccccc6oc54)c3c2)c1. The van der Waals surface area contributed by atoms with E-state index in [1.165, 1.54) is 0 Å². The smallest absolute Gasteiger partial charge is 0.178 e. The summed E-state index contributed by atoms with van der Waals surface area (Å²) in [6.07, 6.45) is 0. The predicted molar refractivity (Wildman–Crippen MR) is 186 cm³/mol. The van der Waals surface area contributed by atoms with Crippen LogP contribution in [0.1, 0.15) is 0 Å². The molecule has 4 nitrogen and oxygen atoms in total. The quantitative estimate of drug-likeness (QED) is 0.201. The first-order valence-electron chi connectivity index (χ1n) is 15.4. The molecule has 0 saturated carbocycles. The molecule has 0 unspecified atom stereocenters. The number of furan rings is 4. The minimum absolute atomic E-state index is 0.787. The number of hydrogen-bond acceptors (Lipinski definition) is 4. The van der Waals surface area contributed by atoms with Crippen molar-refractivity contribution in [2.45, 2.75) is 0 Å². The van der Waals surface area contributed by atoms with Gasteiger partial charge >= 0.3 is 0 Å². The van der Waals surface area contributed by atoms with E-state index in [9.17, 15) is 0 Å². The Hall–Kier alpha value is -6.26. The van der Waals surface area contributed by atoms with Gasteiger partial charge in [-0.1, -0.05) is 66.7 Å². The van der Waals surface area contributed by atoms with Gasteiger partial charge in [0.25, 0.3) is 0 Å². The summed E-state index contributed by atoms with van der Waals surface area (Å²) in [5.41, 5.74) is 11.1. The second-order valence-electron chi connectivity index (χ2n) is 12.0. The number of hydrogen-bond donors (Lipinski definition) is 0. The lowest BCUT2D eigenvalue weighted by Gasteiger charge is -2.07. The maximum atomic E-state index is 6.38. The van der Waals surface area contributed by atoms with Gasteiger partial charge in [-0.15, -0.1) is 0 Å². The van der Waals surface area contributed by atoms with Crippen molar-refractivity contribution < 1.29 is 17.7 Å². The molecule has 0 aliphatic heterocycles. The van der Waals surface area contributed by atoms with Crippen molar-refractivity contribution in [1.82, 2.24) is 0 Å². The molecular weight excluding hydrogens is 568 g/mol. The molecule has 4 aromatic heterocycles. The van der Waals surface area contributed by atoms with Crippen LogP contribution >= 0.6 is 0 Å². The van der Waals surface area contributed by atoms with Crippen LogP contribution in [0.15, 0.2) is 151 Å². The molecule has 0 amide bonds. The first-order chi connectivity index (χ1) is 22.8. The van der Waals surface area contributed by atoms with Crippen LogP contribution in [-0.4, -0.2) is 0 Å². The Labute approximate surface area is 260 Å². The Morgan fingerprint density at radius 3 is 1.07 bits per heavy atom. The van der Waals surface area contributed by atoms with Gasteiger partial charge in [0.15, 0.2) is 22.3 Å². The zero-order valence-electron chi connectivity index (χ0n) is 24.3. The summed E-state index contributed by atoms with van der Waals surface area (Å²) in [6, 6.07) is 46.4. The highest BCUT2D eigenvalue weighted by atomic mass is 16.4. The summed E-state index contributed by atoms with van der Waals surface area (Å²) in [5, 5.41) is 8.58. The third-order valence-electron chi connectivity index (χ3n) is 9.50. The zero-order chi connectivity index (χ0) is 29.9. The molecule has 4 heteroatoms. The Morgan fingerprint density at radius 2 is 0.609 bits per heavy atom. The van der Waals surface area contributed by atoms with E-state index in [1.54, 1.807) is 0 Å². The fourth-order valence-electron chi connectivity index (χ4n) is 7.27.